The molecule has 0 aliphatic heterocycles. The van der Waals surface area contributed by atoms with Gasteiger partial charge in [0.2, 0.25) is 0 Å². The summed E-state index contributed by atoms with van der Waals surface area (Å²) < 4.78 is 25.6. The molecule has 0 unspecified atom stereocenters. The SMILES string of the molecule is O=P([O-])([O-])[O-].O=P([O-])([O-])[O-].O=P([O-])([O-])[O-].[Cr+3].[Cr+3].[Cr+3].[Cr+3].[F-].[F-].[F-]. The quantitative estimate of drug-likeness (QED) is 0.255. The van der Waals surface area contributed by atoms with E-state index in [9.17, 15) is 0 Å². The Labute approximate surface area is 164 Å². The molecule has 22 heavy (non-hydrogen) atoms. The summed E-state index contributed by atoms with van der Waals surface area (Å²) in [6, 6.07) is 0. The predicted molar refractivity (Wildman–Crippen MR) is 22.8 cm³/mol. The van der Waals surface area contributed by atoms with Gasteiger partial charge in [-0.3, -0.25) is 0 Å². The van der Waals surface area contributed by atoms with Crippen LogP contribution in [0.3, 0.4) is 0 Å². The van der Waals surface area contributed by atoms with Crippen molar-refractivity contribution in [1.82, 2.24) is 0 Å². The summed E-state index contributed by atoms with van der Waals surface area (Å²) in [5, 5.41) is 0. The first kappa shape index (κ1) is 64.6. The number of halogens is 3. The molecule has 0 heterocycles. The van der Waals surface area contributed by atoms with Gasteiger partial charge in [0, 0.05) is 0 Å². The Bertz CT molecular complexity index is 224. The minimum atomic E-state index is -5.39. The molecule has 0 aliphatic rings. The molecule has 0 spiro atoms. The molecule has 0 N–H and O–H groups in total. The van der Waals surface area contributed by atoms with Crippen molar-refractivity contribution in [2.45, 2.75) is 0 Å². The zero-order chi connectivity index (χ0) is 13.5. The van der Waals surface area contributed by atoms with Crippen molar-refractivity contribution in [2.24, 2.45) is 0 Å². The molecule has 0 fully saturated rings. The second-order valence-corrected chi connectivity index (χ2v) is 4.02. The van der Waals surface area contributed by atoms with Crippen molar-refractivity contribution in [1.29, 1.82) is 0 Å². The average Bonchev–Trinajstić information content (AvgIpc) is 1.41. The summed E-state index contributed by atoms with van der Waals surface area (Å²) in [5.41, 5.74) is 0. The third kappa shape index (κ3) is 1980. The Balaban J connectivity index is -0.0000000106. The first-order valence-corrected chi connectivity index (χ1v) is 6.57. The fourth-order valence-electron chi connectivity index (χ4n) is 0. The molecule has 4 radical (unpaired) electrons. The average molecular weight is 550 g/mol. The van der Waals surface area contributed by atoms with Crippen LogP contribution >= 0.6 is 23.5 Å². The van der Waals surface area contributed by atoms with Gasteiger partial charge in [0.25, 0.3) is 0 Å². The first-order chi connectivity index (χ1) is 6.00. The molecule has 0 atom stereocenters. The molecule has 0 amide bonds. The van der Waals surface area contributed by atoms with Gasteiger partial charge in [-0.1, -0.05) is 0 Å². The van der Waals surface area contributed by atoms with Crippen molar-refractivity contribution < 1.29 is 141 Å². The van der Waals surface area contributed by atoms with Crippen molar-refractivity contribution in [3.8, 4) is 0 Å². The Hall–Kier alpha value is 2.25. The number of rotatable bonds is 0. The number of hydrogen-bond donors (Lipinski definition) is 0. The molecule has 0 aromatic heterocycles. The zero-order valence-electron chi connectivity index (χ0n) is 9.01. The molecule has 0 aromatic rings. The number of hydrogen-bond acceptors (Lipinski definition) is 12. The van der Waals surface area contributed by atoms with Crippen LogP contribution in [0.15, 0.2) is 0 Å². The Morgan fingerprint density at radius 2 is 0.364 bits per heavy atom. The zero-order valence-corrected chi connectivity index (χ0v) is 16.8. The standard InChI is InChI=1S/4Cr.3FH.3H3O4P/c;;;;;;;3*1-5(2,3)4/h;;;;3*1H;3*(H3,1,2,3,4)/q4*+3;;;;;;/p-12. The monoisotopic (exact) mass is 550 g/mol. The van der Waals surface area contributed by atoms with E-state index in [4.69, 9.17) is 57.7 Å². The first-order valence-electron chi connectivity index (χ1n) is 2.19. The van der Waals surface area contributed by atoms with Crippen LogP contribution in [0.1, 0.15) is 0 Å². The van der Waals surface area contributed by atoms with E-state index in [1.807, 2.05) is 0 Å². The van der Waals surface area contributed by atoms with Crippen molar-refractivity contribution in [2.75, 3.05) is 0 Å². The van der Waals surface area contributed by atoms with E-state index in [1.54, 1.807) is 0 Å². The van der Waals surface area contributed by atoms with Gasteiger partial charge in [-0.2, -0.15) is 23.5 Å². The normalized spacial score (nSPS) is 8.05. The Kier molecular flexibility index (Phi) is 82.4. The molecule has 0 bridgehead atoms. The van der Waals surface area contributed by atoms with Crippen LogP contribution in [-0.4, -0.2) is 0 Å². The summed E-state index contributed by atoms with van der Waals surface area (Å²) in [6.45, 7) is 0. The van der Waals surface area contributed by atoms with Gasteiger partial charge in [0.15, 0.2) is 0 Å². The van der Waals surface area contributed by atoms with Gasteiger partial charge in [-0.05, 0) is 0 Å². The maximum absolute atomic E-state index is 8.55. The van der Waals surface area contributed by atoms with E-state index in [0.29, 0.717) is 0 Å². The van der Waals surface area contributed by atoms with Crippen molar-refractivity contribution >= 4 is 23.5 Å². The largest absolute Gasteiger partial charge is 3.00 e. The summed E-state index contributed by atoms with van der Waals surface area (Å²) in [4.78, 5) is 76.9. The minimum Gasteiger partial charge on any atom is -1.00 e. The van der Waals surface area contributed by atoms with Gasteiger partial charge in [-0.25, -0.2) is 0 Å². The molecule has 22 heteroatoms. The topological polar surface area (TPSA) is 259 Å². The summed E-state index contributed by atoms with van der Waals surface area (Å²) in [7, 11) is -16.2. The summed E-state index contributed by atoms with van der Waals surface area (Å²) in [6.07, 6.45) is 0. The van der Waals surface area contributed by atoms with E-state index < -0.39 is 23.5 Å². The van der Waals surface area contributed by atoms with E-state index in [1.165, 1.54) is 0 Å². The van der Waals surface area contributed by atoms with Gasteiger partial charge >= 0.3 is 69.4 Å². The maximum Gasteiger partial charge on any atom is 3.00 e. The van der Waals surface area contributed by atoms with E-state index in [0.717, 1.165) is 0 Å². The second-order valence-electron chi connectivity index (χ2n) is 1.34. The second kappa shape index (κ2) is 28.1. The van der Waals surface area contributed by atoms with Gasteiger partial charge in [0.1, 0.15) is 0 Å². The van der Waals surface area contributed by atoms with Gasteiger partial charge < -0.3 is 71.8 Å². The summed E-state index contributed by atoms with van der Waals surface area (Å²) >= 11 is 0. The van der Waals surface area contributed by atoms with Gasteiger partial charge in [-0.15, -0.1) is 0 Å². The third-order valence-electron chi connectivity index (χ3n) is 0. The fraction of sp³-hybridized carbons (Fsp3) is 0. The van der Waals surface area contributed by atoms with Crippen LogP contribution in [0.2, 0.25) is 0 Å². The molecule has 0 aromatic carbocycles. The molecule has 0 rings (SSSR count). The smallest absolute Gasteiger partial charge is 1.00 e. The minimum absolute atomic E-state index is 0. The summed E-state index contributed by atoms with van der Waals surface area (Å²) in [5.74, 6) is 0. The van der Waals surface area contributed by atoms with Crippen LogP contribution in [0.4, 0.5) is 0 Å². The third-order valence-corrected chi connectivity index (χ3v) is 0. The van der Waals surface area contributed by atoms with Crippen molar-refractivity contribution in [3.05, 3.63) is 0 Å². The molecule has 0 saturated heterocycles. The van der Waals surface area contributed by atoms with E-state index >= 15 is 0 Å². The number of phosphoric acid groups is 3. The van der Waals surface area contributed by atoms with E-state index in [2.05, 4.69) is 0 Å². The molecule has 12 nitrogen and oxygen atoms in total. The Morgan fingerprint density at radius 1 is 0.364 bits per heavy atom. The molecule has 0 aliphatic carbocycles. The molecular formula is Cr4F3O12P3. The van der Waals surface area contributed by atoms with Gasteiger partial charge in [0.05, 0.1) is 0 Å². The maximum atomic E-state index is 8.55. The molecule has 132 valence electrons. The fourth-order valence-corrected chi connectivity index (χ4v) is 0. The predicted octanol–water partition coefficient (Wildman–Crippen LogP) is -17.5. The Morgan fingerprint density at radius 3 is 0.364 bits per heavy atom. The van der Waals surface area contributed by atoms with Crippen LogP contribution in [0.5, 0.6) is 0 Å². The van der Waals surface area contributed by atoms with Crippen LogP contribution in [0, 0.1) is 0 Å². The molecule has 0 saturated carbocycles. The molecular weight excluding hydrogens is 550 g/mol. The van der Waals surface area contributed by atoms with E-state index in [-0.39, 0.29) is 83.6 Å². The van der Waals surface area contributed by atoms with Crippen molar-refractivity contribution in [3.63, 3.8) is 0 Å². The van der Waals surface area contributed by atoms with Crippen LogP contribution < -0.4 is 58.2 Å². The van der Waals surface area contributed by atoms with Crippen LogP contribution in [-0.2, 0) is 83.1 Å². The van der Waals surface area contributed by atoms with Crippen LogP contribution in [0.25, 0.3) is 0 Å².